The molecule has 31 heavy (non-hydrogen) atoms. The first kappa shape index (κ1) is 22.0. The molecule has 3 aromatic rings. The summed E-state index contributed by atoms with van der Waals surface area (Å²) in [4.78, 5) is 23.7. The van der Waals surface area contributed by atoms with Gasteiger partial charge in [-0.1, -0.05) is 42.5 Å². The van der Waals surface area contributed by atoms with Crippen LogP contribution in [0.3, 0.4) is 0 Å². The van der Waals surface area contributed by atoms with Crippen molar-refractivity contribution in [3.63, 3.8) is 0 Å². The van der Waals surface area contributed by atoms with E-state index >= 15 is 0 Å². The van der Waals surface area contributed by atoms with Crippen LogP contribution in [-0.4, -0.2) is 26.8 Å². The van der Waals surface area contributed by atoms with Crippen LogP contribution in [0, 0.1) is 0 Å². The topological polar surface area (TPSA) is 104 Å². The van der Waals surface area contributed by atoms with Crippen molar-refractivity contribution < 1.29 is 18.0 Å². The standard InChI is InChI=1S/C23H23N3O4S/c1-17(27)24-16-15-18-11-13-20(14-12-18)31(29,30)26-22-10-6-5-9-21(22)23(28)25-19-7-3-2-4-8-19/h2-14,26H,15-16H2,1H3,(H,24,27)(H,25,28). The summed E-state index contributed by atoms with van der Waals surface area (Å²) in [5, 5.41) is 5.45. The zero-order valence-corrected chi connectivity index (χ0v) is 17.8. The molecule has 160 valence electrons. The number of para-hydroxylation sites is 2. The van der Waals surface area contributed by atoms with Crippen LogP contribution in [0.25, 0.3) is 0 Å². The SMILES string of the molecule is CC(=O)NCCc1ccc(S(=O)(=O)Nc2ccccc2C(=O)Nc2ccccc2)cc1. The molecule has 0 fully saturated rings. The number of benzene rings is 3. The highest BCUT2D eigenvalue weighted by atomic mass is 32.2. The van der Waals surface area contributed by atoms with E-state index in [4.69, 9.17) is 0 Å². The largest absolute Gasteiger partial charge is 0.356 e. The van der Waals surface area contributed by atoms with E-state index in [1.165, 1.54) is 19.1 Å². The second kappa shape index (κ2) is 9.90. The molecule has 0 aliphatic rings. The lowest BCUT2D eigenvalue weighted by Crippen LogP contribution is -2.22. The van der Waals surface area contributed by atoms with Gasteiger partial charge >= 0.3 is 0 Å². The number of sulfonamides is 1. The van der Waals surface area contributed by atoms with Crippen molar-refractivity contribution in [3.05, 3.63) is 90.0 Å². The molecule has 0 unspecified atom stereocenters. The fourth-order valence-electron chi connectivity index (χ4n) is 2.91. The summed E-state index contributed by atoms with van der Waals surface area (Å²) in [7, 11) is -3.89. The van der Waals surface area contributed by atoms with Gasteiger partial charge in [-0.2, -0.15) is 0 Å². The first-order valence-corrected chi connectivity index (χ1v) is 11.1. The maximum absolute atomic E-state index is 12.8. The fraction of sp³-hybridized carbons (Fsp3) is 0.130. The third kappa shape index (κ3) is 6.16. The normalized spacial score (nSPS) is 10.9. The van der Waals surface area contributed by atoms with Gasteiger partial charge in [0.25, 0.3) is 15.9 Å². The fourth-order valence-corrected chi connectivity index (χ4v) is 3.99. The summed E-state index contributed by atoms with van der Waals surface area (Å²) in [5.74, 6) is -0.531. The van der Waals surface area contributed by atoms with Crippen LogP contribution in [0.4, 0.5) is 11.4 Å². The predicted molar refractivity (Wildman–Crippen MR) is 120 cm³/mol. The molecule has 0 bridgehead atoms. The smallest absolute Gasteiger partial charge is 0.261 e. The zero-order valence-electron chi connectivity index (χ0n) is 17.0. The molecular formula is C23H23N3O4S. The van der Waals surface area contributed by atoms with Crippen LogP contribution in [0.15, 0.2) is 83.8 Å². The number of rotatable bonds is 8. The number of carbonyl (C=O) groups excluding carboxylic acids is 2. The van der Waals surface area contributed by atoms with Crippen LogP contribution < -0.4 is 15.4 Å². The molecule has 0 saturated heterocycles. The first-order chi connectivity index (χ1) is 14.8. The highest BCUT2D eigenvalue weighted by Crippen LogP contribution is 2.22. The quantitative estimate of drug-likeness (QED) is 0.502. The molecule has 2 amide bonds. The lowest BCUT2D eigenvalue weighted by atomic mass is 10.1. The average molecular weight is 438 g/mol. The molecule has 0 heterocycles. The Morgan fingerprint density at radius 1 is 0.839 bits per heavy atom. The van der Waals surface area contributed by atoms with Gasteiger partial charge < -0.3 is 10.6 Å². The van der Waals surface area contributed by atoms with E-state index in [9.17, 15) is 18.0 Å². The molecule has 0 spiro atoms. The van der Waals surface area contributed by atoms with Crippen molar-refractivity contribution in [2.24, 2.45) is 0 Å². The lowest BCUT2D eigenvalue weighted by Gasteiger charge is -2.13. The van der Waals surface area contributed by atoms with Crippen molar-refractivity contribution >= 4 is 33.2 Å². The number of anilines is 2. The summed E-state index contributed by atoms with van der Waals surface area (Å²) >= 11 is 0. The van der Waals surface area contributed by atoms with Crippen LogP contribution in [0.5, 0.6) is 0 Å². The Morgan fingerprint density at radius 3 is 2.16 bits per heavy atom. The highest BCUT2D eigenvalue weighted by Gasteiger charge is 2.18. The minimum Gasteiger partial charge on any atom is -0.356 e. The second-order valence-corrected chi connectivity index (χ2v) is 8.53. The molecule has 0 aliphatic carbocycles. The molecule has 8 heteroatoms. The van der Waals surface area contributed by atoms with E-state index in [1.807, 2.05) is 6.07 Å². The van der Waals surface area contributed by atoms with Gasteiger partial charge in [0.05, 0.1) is 16.1 Å². The van der Waals surface area contributed by atoms with E-state index in [1.54, 1.807) is 60.7 Å². The second-order valence-electron chi connectivity index (χ2n) is 6.85. The Kier molecular flexibility index (Phi) is 7.04. The molecule has 0 aliphatic heterocycles. The van der Waals surface area contributed by atoms with Gasteiger partial charge in [0.15, 0.2) is 0 Å². The molecule has 0 radical (unpaired) electrons. The van der Waals surface area contributed by atoms with Gasteiger partial charge in [-0.25, -0.2) is 8.42 Å². The molecular weight excluding hydrogens is 414 g/mol. The summed E-state index contributed by atoms with van der Waals surface area (Å²) < 4.78 is 28.2. The van der Waals surface area contributed by atoms with Gasteiger partial charge in [-0.15, -0.1) is 0 Å². The van der Waals surface area contributed by atoms with Crippen LogP contribution in [0.2, 0.25) is 0 Å². The van der Waals surface area contributed by atoms with E-state index < -0.39 is 15.9 Å². The maximum atomic E-state index is 12.8. The van der Waals surface area contributed by atoms with E-state index in [0.717, 1.165) is 5.56 Å². The van der Waals surface area contributed by atoms with Crippen molar-refractivity contribution in [1.29, 1.82) is 0 Å². The molecule has 0 aromatic heterocycles. The average Bonchev–Trinajstić information content (AvgIpc) is 2.74. The first-order valence-electron chi connectivity index (χ1n) is 9.67. The van der Waals surface area contributed by atoms with Gasteiger partial charge in [0.1, 0.15) is 0 Å². The van der Waals surface area contributed by atoms with Crippen LogP contribution in [0.1, 0.15) is 22.8 Å². The number of hydrogen-bond donors (Lipinski definition) is 3. The van der Waals surface area contributed by atoms with Gasteiger partial charge in [-0.05, 0) is 48.4 Å². The Balaban J connectivity index is 1.74. The predicted octanol–water partition coefficient (Wildman–Crippen LogP) is 3.42. The Morgan fingerprint density at radius 2 is 1.48 bits per heavy atom. The van der Waals surface area contributed by atoms with Crippen molar-refractivity contribution in [3.8, 4) is 0 Å². The maximum Gasteiger partial charge on any atom is 0.261 e. The summed E-state index contributed by atoms with van der Waals surface area (Å²) in [6, 6.07) is 21.7. The van der Waals surface area contributed by atoms with Crippen molar-refractivity contribution in [1.82, 2.24) is 5.32 Å². The summed E-state index contributed by atoms with van der Waals surface area (Å²) in [6.45, 7) is 1.92. The van der Waals surface area contributed by atoms with E-state index in [0.29, 0.717) is 18.7 Å². The number of nitrogens with one attached hydrogen (secondary N) is 3. The minimum absolute atomic E-state index is 0.0778. The third-order valence-corrected chi connectivity index (χ3v) is 5.85. The number of carbonyl (C=O) groups is 2. The zero-order chi connectivity index (χ0) is 22.3. The Hall–Kier alpha value is -3.65. The van der Waals surface area contributed by atoms with Gasteiger partial charge in [0.2, 0.25) is 5.91 Å². The third-order valence-electron chi connectivity index (χ3n) is 4.47. The van der Waals surface area contributed by atoms with Crippen molar-refractivity contribution in [2.45, 2.75) is 18.2 Å². The molecule has 3 N–H and O–H groups in total. The Labute approximate surface area is 181 Å². The molecule has 3 aromatic carbocycles. The Bertz CT molecular complexity index is 1160. The molecule has 7 nitrogen and oxygen atoms in total. The molecule has 0 saturated carbocycles. The lowest BCUT2D eigenvalue weighted by molar-refractivity contribution is -0.118. The van der Waals surface area contributed by atoms with Gasteiger partial charge in [-0.3, -0.25) is 14.3 Å². The highest BCUT2D eigenvalue weighted by molar-refractivity contribution is 7.92. The van der Waals surface area contributed by atoms with Crippen molar-refractivity contribution in [2.75, 3.05) is 16.6 Å². The number of hydrogen-bond acceptors (Lipinski definition) is 4. The van der Waals surface area contributed by atoms with Gasteiger partial charge in [0, 0.05) is 19.2 Å². The minimum atomic E-state index is -3.89. The summed E-state index contributed by atoms with van der Waals surface area (Å²) in [6.07, 6.45) is 0.593. The monoisotopic (exact) mass is 437 g/mol. The molecule has 0 atom stereocenters. The summed E-state index contributed by atoms with van der Waals surface area (Å²) in [5.41, 5.74) is 1.91. The van der Waals surface area contributed by atoms with E-state index in [-0.39, 0.29) is 22.1 Å². The van der Waals surface area contributed by atoms with Crippen LogP contribution in [-0.2, 0) is 21.2 Å². The van der Waals surface area contributed by atoms with E-state index in [2.05, 4.69) is 15.4 Å². The van der Waals surface area contributed by atoms with Crippen LogP contribution >= 0.6 is 0 Å². The number of amides is 2. The molecule has 3 rings (SSSR count).